The van der Waals surface area contributed by atoms with Crippen molar-refractivity contribution < 1.29 is 9.59 Å². The molecule has 1 aromatic carbocycles. The first-order valence-electron chi connectivity index (χ1n) is 13.7. The highest BCUT2D eigenvalue weighted by atomic mass is 16.2. The van der Waals surface area contributed by atoms with Crippen molar-refractivity contribution in [3.8, 4) is 5.69 Å². The Bertz CT molecular complexity index is 1160. The van der Waals surface area contributed by atoms with Gasteiger partial charge in [-0.1, -0.05) is 38.3 Å². The molecule has 0 radical (unpaired) electrons. The lowest BCUT2D eigenvalue weighted by Gasteiger charge is -2.37. The fourth-order valence-electron chi connectivity index (χ4n) is 5.32. The summed E-state index contributed by atoms with van der Waals surface area (Å²) in [7, 11) is 0. The molecule has 10 nitrogen and oxygen atoms in total. The summed E-state index contributed by atoms with van der Waals surface area (Å²) < 4.78 is 1.47. The Balaban J connectivity index is 1.33. The van der Waals surface area contributed by atoms with Crippen molar-refractivity contribution in [2.24, 2.45) is 5.73 Å². The predicted octanol–water partition coefficient (Wildman–Crippen LogP) is 2.80. The first-order chi connectivity index (χ1) is 18.2. The zero-order valence-electron chi connectivity index (χ0n) is 22.9. The van der Waals surface area contributed by atoms with Crippen molar-refractivity contribution in [3.05, 3.63) is 52.6 Å². The van der Waals surface area contributed by atoms with Crippen LogP contribution in [0.25, 0.3) is 5.69 Å². The molecule has 2 heterocycles. The van der Waals surface area contributed by atoms with Crippen LogP contribution in [0.5, 0.6) is 0 Å². The molecule has 2 aliphatic rings. The second kappa shape index (κ2) is 12.1. The smallest absolute Gasteiger partial charge is 0.338 e. The van der Waals surface area contributed by atoms with Crippen LogP contribution in [0.3, 0.4) is 0 Å². The summed E-state index contributed by atoms with van der Waals surface area (Å²) in [5, 5.41) is 2.70. The molecule has 0 spiro atoms. The van der Waals surface area contributed by atoms with E-state index < -0.39 is 11.2 Å². The quantitative estimate of drug-likeness (QED) is 0.577. The van der Waals surface area contributed by atoms with Gasteiger partial charge in [0.2, 0.25) is 5.91 Å². The van der Waals surface area contributed by atoms with Gasteiger partial charge in [-0.05, 0) is 57.0 Å². The monoisotopic (exact) mass is 523 g/mol. The van der Waals surface area contributed by atoms with Crippen LogP contribution in [0, 0.1) is 0 Å². The molecule has 10 heteroatoms. The molecule has 3 N–H and O–H groups in total. The second-order valence-corrected chi connectivity index (χ2v) is 10.9. The molecule has 206 valence electrons. The summed E-state index contributed by atoms with van der Waals surface area (Å²) >= 11 is 0. The number of carbonyl (C=O) groups excluding carboxylic acids is 2. The fourth-order valence-corrected chi connectivity index (χ4v) is 5.32. The van der Waals surface area contributed by atoms with Crippen LogP contribution in [0.1, 0.15) is 58.4 Å². The van der Waals surface area contributed by atoms with Gasteiger partial charge in [-0.3, -0.25) is 19.6 Å². The lowest BCUT2D eigenvalue weighted by molar-refractivity contribution is -0.137. The number of carbonyl (C=O) groups is 2. The van der Waals surface area contributed by atoms with Crippen molar-refractivity contribution >= 4 is 17.8 Å². The van der Waals surface area contributed by atoms with Gasteiger partial charge in [-0.25, -0.2) is 9.59 Å². The molecular weight excluding hydrogens is 482 g/mol. The van der Waals surface area contributed by atoms with E-state index in [1.807, 2.05) is 12.1 Å². The summed E-state index contributed by atoms with van der Waals surface area (Å²) in [5.74, 6) is 0.0586. The Morgan fingerprint density at radius 2 is 1.66 bits per heavy atom. The van der Waals surface area contributed by atoms with Crippen LogP contribution in [-0.4, -0.2) is 80.5 Å². The lowest BCUT2D eigenvalue weighted by atomic mass is 9.94. The minimum atomic E-state index is -0.941. The van der Waals surface area contributed by atoms with Crippen LogP contribution in [0.15, 0.2) is 41.3 Å². The number of aromatic nitrogens is 2. The third kappa shape index (κ3) is 6.79. The Morgan fingerprint density at radius 1 is 1.03 bits per heavy atom. The predicted molar refractivity (Wildman–Crippen MR) is 148 cm³/mol. The van der Waals surface area contributed by atoms with Gasteiger partial charge in [0, 0.05) is 45.0 Å². The molecule has 2 aromatic rings. The SMILES string of the molecule is CCN(Cc1ccc(-n2ccc(NC(=O)N3CCN(C(=O)C(C)(C)N)CC3)nc2=O)cc1)C1CCCCC1. The fraction of sp³-hybridized carbons (Fsp3) is 0.571. The number of amides is 3. The Labute approximate surface area is 224 Å². The molecule has 1 aliphatic carbocycles. The molecule has 0 unspecified atom stereocenters. The van der Waals surface area contributed by atoms with Crippen molar-refractivity contribution in [1.82, 2.24) is 24.3 Å². The highest BCUT2D eigenvalue weighted by Crippen LogP contribution is 2.24. The molecule has 3 amide bonds. The van der Waals surface area contributed by atoms with E-state index in [0.717, 1.165) is 18.8 Å². The summed E-state index contributed by atoms with van der Waals surface area (Å²) in [6.07, 6.45) is 8.16. The third-order valence-corrected chi connectivity index (χ3v) is 7.54. The normalized spacial score (nSPS) is 17.1. The summed E-state index contributed by atoms with van der Waals surface area (Å²) in [4.78, 5) is 47.7. The molecule has 0 bridgehead atoms. The maximum Gasteiger partial charge on any atom is 0.354 e. The van der Waals surface area contributed by atoms with E-state index in [9.17, 15) is 14.4 Å². The number of hydrogen-bond donors (Lipinski definition) is 2. The Hall–Kier alpha value is -3.24. The molecule has 1 saturated carbocycles. The molecule has 38 heavy (non-hydrogen) atoms. The zero-order valence-corrected chi connectivity index (χ0v) is 22.9. The highest BCUT2D eigenvalue weighted by Gasteiger charge is 2.31. The van der Waals surface area contributed by atoms with Crippen LogP contribution in [0.2, 0.25) is 0 Å². The zero-order chi connectivity index (χ0) is 27.3. The van der Waals surface area contributed by atoms with Crippen LogP contribution >= 0.6 is 0 Å². The van der Waals surface area contributed by atoms with E-state index in [2.05, 4.69) is 34.3 Å². The maximum atomic E-state index is 12.7. The standard InChI is InChI=1S/C28H41N7O3/c1-4-32(22-8-6-5-7-9-22)20-21-10-12-23(13-11-21)35-15-14-24(31-27(35)38)30-26(37)34-18-16-33(17-19-34)25(36)28(2,3)29/h10-15,22H,4-9,16-20,29H2,1-3H3,(H,30,31,37,38). The van der Waals surface area contributed by atoms with E-state index in [4.69, 9.17) is 5.73 Å². The third-order valence-electron chi connectivity index (χ3n) is 7.54. The summed E-state index contributed by atoms with van der Waals surface area (Å²) in [5.41, 5.74) is 6.46. The van der Waals surface area contributed by atoms with Crippen molar-refractivity contribution in [1.29, 1.82) is 0 Å². The largest absolute Gasteiger partial charge is 0.354 e. The first kappa shape index (κ1) is 27.8. The number of hydrogen-bond acceptors (Lipinski definition) is 6. The van der Waals surface area contributed by atoms with Gasteiger partial charge in [-0.15, -0.1) is 0 Å². The van der Waals surface area contributed by atoms with Gasteiger partial charge in [-0.2, -0.15) is 4.98 Å². The number of benzene rings is 1. The van der Waals surface area contributed by atoms with Crippen molar-refractivity contribution in [3.63, 3.8) is 0 Å². The number of nitrogens with one attached hydrogen (secondary N) is 1. The van der Waals surface area contributed by atoms with Crippen molar-refractivity contribution in [2.45, 2.75) is 71.0 Å². The number of nitrogens with zero attached hydrogens (tertiary/aromatic N) is 5. The molecule has 2 fully saturated rings. The molecular formula is C28H41N7O3. The second-order valence-electron chi connectivity index (χ2n) is 10.9. The van der Waals surface area contributed by atoms with Gasteiger partial charge < -0.3 is 15.5 Å². The molecule has 1 aliphatic heterocycles. The molecule has 4 rings (SSSR count). The molecule has 1 aromatic heterocycles. The number of urea groups is 1. The Morgan fingerprint density at radius 3 is 2.24 bits per heavy atom. The first-order valence-corrected chi connectivity index (χ1v) is 13.7. The van der Waals surface area contributed by atoms with E-state index in [1.54, 1.807) is 35.9 Å². The van der Waals surface area contributed by atoms with E-state index in [1.165, 1.54) is 42.2 Å². The minimum Gasteiger partial charge on any atom is -0.338 e. The molecule has 1 saturated heterocycles. The average molecular weight is 524 g/mol. The van der Waals surface area contributed by atoms with Gasteiger partial charge in [0.1, 0.15) is 5.82 Å². The topological polar surface area (TPSA) is 117 Å². The van der Waals surface area contributed by atoms with E-state index in [-0.39, 0.29) is 17.8 Å². The summed E-state index contributed by atoms with van der Waals surface area (Å²) in [6.45, 7) is 9.10. The number of rotatable bonds is 7. The van der Waals surface area contributed by atoms with Crippen LogP contribution in [0.4, 0.5) is 10.6 Å². The van der Waals surface area contributed by atoms with Crippen LogP contribution in [-0.2, 0) is 11.3 Å². The van der Waals surface area contributed by atoms with Gasteiger partial charge in [0.15, 0.2) is 0 Å². The minimum absolute atomic E-state index is 0.136. The lowest BCUT2D eigenvalue weighted by Crippen LogP contribution is -2.58. The average Bonchev–Trinajstić information content (AvgIpc) is 2.92. The van der Waals surface area contributed by atoms with E-state index in [0.29, 0.717) is 32.2 Å². The maximum absolute atomic E-state index is 12.7. The number of anilines is 1. The van der Waals surface area contributed by atoms with Gasteiger partial charge in [0.25, 0.3) is 0 Å². The number of piperazine rings is 1. The van der Waals surface area contributed by atoms with Gasteiger partial charge >= 0.3 is 11.7 Å². The van der Waals surface area contributed by atoms with E-state index >= 15 is 0 Å². The Kier molecular flexibility index (Phi) is 8.83. The highest BCUT2D eigenvalue weighted by molar-refractivity contribution is 5.89. The number of nitrogens with two attached hydrogens (primary N) is 1. The van der Waals surface area contributed by atoms with Crippen molar-refractivity contribution in [2.75, 3.05) is 38.0 Å². The molecule has 0 atom stereocenters. The van der Waals surface area contributed by atoms with Gasteiger partial charge in [0.05, 0.1) is 11.2 Å². The summed E-state index contributed by atoms with van der Waals surface area (Å²) in [6, 6.07) is 9.94. The van der Waals surface area contributed by atoms with Crippen LogP contribution < -0.4 is 16.7 Å².